The minimum atomic E-state index is -0.191. The predicted molar refractivity (Wildman–Crippen MR) is 72.4 cm³/mol. The summed E-state index contributed by atoms with van der Waals surface area (Å²) in [5.41, 5.74) is 1.27. The van der Waals surface area contributed by atoms with Gasteiger partial charge in [0.05, 0.1) is 0 Å². The van der Waals surface area contributed by atoms with Crippen molar-refractivity contribution in [1.82, 2.24) is 4.90 Å². The van der Waals surface area contributed by atoms with Gasteiger partial charge in [0.25, 0.3) is 0 Å². The summed E-state index contributed by atoms with van der Waals surface area (Å²) in [6.45, 7) is 9.04. The number of ketones is 1. The highest BCUT2D eigenvalue weighted by molar-refractivity contribution is 7.10. The zero-order valence-electron chi connectivity index (χ0n) is 11.0. The van der Waals surface area contributed by atoms with Gasteiger partial charge in [-0.15, -0.1) is 11.3 Å². The lowest BCUT2D eigenvalue weighted by atomic mass is 9.89. The van der Waals surface area contributed by atoms with Crippen molar-refractivity contribution in [1.29, 1.82) is 0 Å². The van der Waals surface area contributed by atoms with E-state index in [0.29, 0.717) is 12.2 Å². The molecule has 0 saturated heterocycles. The smallest absolute Gasteiger partial charge is 0.139 e. The number of carbonyl (C=O) groups is 1. The van der Waals surface area contributed by atoms with Crippen LogP contribution in [0.2, 0.25) is 0 Å². The number of carbonyl (C=O) groups excluding carboxylic acids is 1. The van der Waals surface area contributed by atoms with Gasteiger partial charge in [-0.05, 0) is 23.4 Å². The Kier molecular flexibility index (Phi) is 3.69. The Morgan fingerprint density at radius 1 is 1.47 bits per heavy atom. The zero-order valence-corrected chi connectivity index (χ0v) is 11.8. The van der Waals surface area contributed by atoms with Gasteiger partial charge in [-0.2, -0.15) is 0 Å². The van der Waals surface area contributed by atoms with E-state index < -0.39 is 0 Å². The van der Waals surface area contributed by atoms with Crippen LogP contribution in [0.1, 0.15) is 37.6 Å². The molecule has 0 bridgehead atoms. The number of fused-ring (bicyclic) bond motifs is 1. The number of rotatable bonds is 3. The number of nitrogens with zero attached hydrogens (tertiary/aromatic N) is 1. The first-order valence-electron chi connectivity index (χ1n) is 6.28. The molecule has 0 radical (unpaired) electrons. The summed E-state index contributed by atoms with van der Waals surface area (Å²) >= 11 is 1.86. The van der Waals surface area contributed by atoms with E-state index in [1.165, 1.54) is 10.4 Å². The fourth-order valence-corrected chi connectivity index (χ4v) is 3.02. The third-order valence-corrected chi connectivity index (χ3v) is 4.40. The van der Waals surface area contributed by atoms with Crippen LogP contribution in [0.4, 0.5) is 0 Å². The van der Waals surface area contributed by atoms with Crippen molar-refractivity contribution in [2.45, 2.75) is 40.2 Å². The quantitative estimate of drug-likeness (QED) is 0.822. The van der Waals surface area contributed by atoms with E-state index >= 15 is 0 Å². The SMILES string of the molecule is CC(C)(C)C(=O)CCN1CCc2sccc2C1. The van der Waals surface area contributed by atoms with Crippen molar-refractivity contribution in [2.24, 2.45) is 5.41 Å². The Labute approximate surface area is 108 Å². The molecule has 2 heterocycles. The number of thiophene rings is 1. The van der Waals surface area contributed by atoms with Gasteiger partial charge in [-0.3, -0.25) is 9.69 Å². The van der Waals surface area contributed by atoms with Crippen LogP contribution in [0.25, 0.3) is 0 Å². The maximum absolute atomic E-state index is 11.9. The second kappa shape index (κ2) is 4.91. The largest absolute Gasteiger partial charge is 0.299 e. The van der Waals surface area contributed by atoms with Crippen molar-refractivity contribution in [2.75, 3.05) is 13.1 Å². The molecule has 0 saturated carbocycles. The van der Waals surface area contributed by atoms with E-state index in [4.69, 9.17) is 0 Å². The summed E-state index contributed by atoms with van der Waals surface area (Å²) in [6.07, 6.45) is 1.83. The summed E-state index contributed by atoms with van der Waals surface area (Å²) in [4.78, 5) is 15.8. The van der Waals surface area contributed by atoms with Gasteiger partial charge in [-0.25, -0.2) is 0 Å². The molecule has 2 rings (SSSR count). The molecule has 0 aliphatic carbocycles. The first-order chi connectivity index (χ1) is 7.97. The molecule has 1 aromatic rings. The third kappa shape index (κ3) is 3.17. The van der Waals surface area contributed by atoms with Gasteiger partial charge in [-0.1, -0.05) is 20.8 Å². The molecule has 1 aliphatic heterocycles. The van der Waals surface area contributed by atoms with Crippen molar-refractivity contribution >= 4 is 17.1 Å². The number of hydrogen-bond acceptors (Lipinski definition) is 3. The Balaban J connectivity index is 1.85. The molecule has 2 nitrogen and oxygen atoms in total. The van der Waals surface area contributed by atoms with Crippen molar-refractivity contribution in [3.8, 4) is 0 Å². The highest BCUT2D eigenvalue weighted by atomic mass is 32.1. The molecule has 1 aliphatic rings. The van der Waals surface area contributed by atoms with Crippen LogP contribution in [0.15, 0.2) is 11.4 Å². The molecular formula is C14H21NOS. The van der Waals surface area contributed by atoms with E-state index in [-0.39, 0.29) is 5.41 Å². The van der Waals surface area contributed by atoms with E-state index in [1.807, 2.05) is 32.1 Å². The summed E-state index contributed by atoms with van der Waals surface area (Å²) in [5.74, 6) is 0.369. The highest BCUT2D eigenvalue weighted by Crippen LogP contribution is 2.24. The second-order valence-electron chi connectivity index (χ2n) is 5.82. The lowest BCUT2D eigenvalue weighted by molar-refractivity contribution is -0.126. The standard InChI is InChI=1S/C14H21NOS/c1-14(2,3)13(16)5-8-15-7-4-12-11(10-15)6-9-17-12/h6,9H,4-5,7-8,10H2,1-3H3. The van der Waals surface area contributed by atoms with Crippen LogP contribution in [0.5, 0.6) is 0 Å². The van der Waals surface area contributed by atoms with E-state index in [1.54, 1.807) is 0 Å². The van der Waals surface area contributed by atoms with Crippen LogP contribution in [-0.4, -0.2) is 23.8 Å². The number of Topliss-reactive ketones (excluding diaryl/α,β-unsaturated/α-hetero) is 1. The highest BCUT2D eigenvalue weighted by Gasteiger charge is 2.23. The van der Waals surface area contributed by atoms with Crippen molar-refractivity contribution in [3.63, 3.8) is 0 Å². The van der Waals surface area contributed by atoms with Gasteiger partial charge in [0.2, 0.25) is 0 Å². The maximum Gasteiger partial charge on any atom is 0.139 e. The summed E-state index contributed by atoms with van der Waals surface area (Å²) < 4.78 is 0. The van der Waals surface area contributed by atoms with Gasteiger partial charge in [0, 0.05) is 36.3 Å². The van der Waals surface area contributed by atoms with Crippen LogP contribution in [0.3, 0.4) is 0 Å². The molecule has 0 N–H and O–H groups in total. The minimum Gasteiger partial charge on any atom is -0.299 e. The second-order valence-corrected chi connectivity index (χ2v) is 6.82. The average molecular weight is 251 g/mol. The first-order valence-corrected chi connectivity index (χ1v) is 7.15. The lowest BCUT2D eigenvalue weighted by Gasteiger charge is -2.27. The van der Waals surface area contributed by atoms with E-state index in [0.717, 1.165) is 26.1 Å². The molecule has 1 aromatic heterocycles. The maximum atomic E-state index is 11.9. The Morgan fingerprint density at radius 2 is 2.24 bits per heavy atom. The summed E-state index contributed by atoms with van der Waals surface area (Å²) in [5, 5.41) is 2.18. The molecular weight excluding hydrogens is 230 g/mol. The molecule has 0 spiro atoms. The zero-order chi connectivity index (χ0) is 12.5. The van der Waals surface area contributed by atoms with Gasteiger partial charge >= 0.3 is 0 Å². The first kappa shape index (κ1) is 12.8. The third-order valence-electron chi connectivity index (χ3n) is 3.38. The van der Waals surface area contributed by atoms with Crippen LogP contribution in [0, 0.1) is 5.41 Å². The lowest BCUT2D eigenvalue weighted by Crippen LogP contribution is -2.33. The molecule has 0 atom stereocenters. The number of hydrogen-bond donors (Lipinski definition) is 0. The molecule has 0 aromatic carbocycles. The molecule has 17 heavy (non-hydrogen) atoms. The van der Waals surface area contributed by atoms with Crippen molar-refractivity contribution in [3.05, 3.63) is 21.9 Å². The Morgan fingerprint density at radius 3 is 2.94 bits per heavy atom. The topological polar surface area (TPSA) is 20.3 Å². The van der Waals surface area contributed by atoms with E-state index in [9.17, 15) is 4.79 Å². The molecule has 3 heteroatoms. The minimum absolute atomic E-state index is 0.191. The van der Waals surface area contributed by atoms with Crippen molar-refractivity contribution < 1.29 is 4.79 Å². The summed E-state index contributed by atoms with van der Waals surface area (Å²) in [6, 6.07) is 2.22. The van der Waals surface area contributed by atoms with Crippen LogP contribution < -0.4 is 0 Å². The molecule has 0 fully saturated rings. The molecule has 0 amide bonds. The normalized spacial score (nSPS) is 16.9. The molecule has 0 unspecified atom stereocenters. The van der Waals surface area contributed by atoms with Gasteiger partial charge in [0.1, 0.15) is 5.78 Å². The Hall–Kier alpha value is -0.670. The van der Waals surface area contributed by atoms with E-state index in [2.05, 4.69) is 16.3 Å². The van der Waals surface area contributed by atoms with Crippen LogP contribution in [-0.2, 0) is 17.8 Å². The molecule has 94 valence electrons. The van der Waals surface area contributed by atoms with Gasteiger partial charge in [0.15, 0.2) is 0 Å². The fourth-order valence-electron chi connectivity index (χ4n) is 2.13. The van der Waals surface area contributed by atoms with Crippen LogP contribution >= 0.6 is 11.3 Å². The predicted octanol–water partition coefficient (Wildman–Crippen LogP) is 3.11. The van der Waals surface area contributed by atoms with Gasteiger partial charge < -0.3 is 0 Å². The monoisotopic (exact) mass is 251 g/mol. The fraction of sp³-hybridized carbons (Fsp3) is 0.643. The Bertz CT molecular complexity index is 403. The average Bonchev–Trinajstić information content (AvgIpc) is 2.71. The summed E-state index contributed by atoms with van der Waals surface area (Å²) in [7, 11) is 0.